The van der Waals surface area contributed by atoms with Gasteiger partial charge in [-0.25, -0.2) is 14.9 Å². The first-order valence-electron chi connectivity index (χ1n) is 9.75. The number of nitrogens with zero attached hydrogens (tertiary/aromatic N) is 5. The zero-order valence-corrected chi connectivity index (χ0v) is 18.7. The number of carboxylic acid groups (broad SMARTS) is 1. The fourth-order valence-corrected chi connectivity index (χ4v) is 4.51. The molecule has 2 aromatic carbocycles. The molecule has 0 aliphatic rings. The summed E-state index contributed by atoms with van der Waals surface area (Å²) in [5.41, 5.74) is 3.99. The van der Waals surface area contributed by atoms with E-state index < -0.39 is 5.97 Å². The SMILES string of the molecule is Cc1nc(C)n(Cc2ccc3oc(-c4ccccc4-c4nnn[nH]4)c(Br)c3c2)c1C(=O)O. The predicted molar refractivity (Wildman–Crippen MR) is 120 cm³/mol. The van der Waals surface area contributed by atoms with Crippen LogP contribution in [-0.2, 0) is 6.54 Å². The first kappa shape index (κ1) is 20.1. The summed E-state index contributed by atoms with van der Waals surface area (Å²) in [6, 6.07) is 13.5. The van der Waals surface area contributed by atoms with Crippen molar-refractivity contribution in [2.75, 3.05) is 0 Å². The normalized spacial score (nSPS) is 11.3. The molecule has 3 heterocycles. The average molecular weight is 493 g/mol. The number of hydrogen-bond donors (Lipinski definition) is 2. The molecule has 0 atom stereocenters. The molecular formula is C22H17BrN6O3. The number of aryl methyl sites for hydroxylation is 2. The molecule has 9 nitrogen and oxygen atoms in total. The van der Waals surface area contributed by atoms with E-state index in [1.807, 2.05) is 42.5 Å². The average Bonchev–Trinajstić information content (AvgIpc) is 3.48. The van der Waals surface area contributed by atoms with E-state index in [0.717, 1.165) is 26.5 Å². The molecule has 0 amide bonds. The van der Waals surface area contributed by atoms with E-state index in [1.165, 1.54) is 0 Å². The number of aromatic nitrogens is 6. The van der Waals surface area contributed by atoms with Crippen LogP contribution in [0.2, 0.25) is 0 Å². The fraction of sp³-hybridized carbons (Fsp3) is 0.136. The molecule has 32 heavy (non-hydrogen) atoms. The molecule has 0 unspecified atom stereocenters. The molecule has 0 spiro atoms. The third-order valence-electron chi connectivity index (χ3n) is 5.34. The molecule has 5 rings (SSSR count). The molecule has 160 valence electrons. The number of rotatable bonds is 5. The van der Waals surface area contributed by atoms with Gasteiger partial charge in [0.1, 0.15) is 17.2 Å². The van der Waals surface area contributed by atoms with Crippen molar-refractivity contribution in [3.05, 3.63) is 69.7 Å². The number of aromatic carboxylic acids is 1. The van der Waals surface area contributed by atoms with Gasteiger partial charge in [0.15, 0.2) is 11.5 Å². The third-order valence-corrected chi connectivity index (χ3v) is 6.13. The topological polar surface area (TPSA) is 123 Å². The van der Waals surface area contributed by atoms with E-state index in [4.69, 9.17) is 4.42 Å². The Labute approximate surface area is 190 Å². The number of carboxylic acids is 1. The molecule has 0 saturated heterocycles. The standard InChI is InChI=1S/C22H17BrN6O3/c1-11-19(22(30)31)29(12(2)24-11)10-13-7-8-17-16(9-13)18(23)20(32-17)14-5-3-4-6-15(14)21-25-27-28-26-21/h3-9H,10H2,1-2H3,(H,30,31)(H,25,26,27,28). The smallest absolute Gasteiger partial charge is 0.354 e. The minimum Gasteiger partial charge on any atom is -0.477 e. The number of H-pyrrole nitrogens is 1. The second-order valence-electron chi connectivity index (χ2n) is 7.36. The Bertz CT molecular complexity index is 1470. The molecule has 0 fully saturated rings. The number of hydrogen-bond acceptors (Lipinski definition) is 6. The quantitative estimate of drug-likeness (QED) is 0.367. The summed E-state index contributed by atoms with van der Waals surface area (Å²) >= 11 is 3.69. The minimum absolute atomic E-state index is 0.198. The lowest BCUT2D eigenvalue weighted by Gasteiger charge is -2.08. The lowest BCUT2D eigenvalue weighted by Crippen LogP contribution is -2.11. The van der Waals surface area contributed by atoms with Crippen molar-refractivity contribution in [1.82, 2.24) is 30.2 Å². The van der Waals surface area contributed by atoms with Gasteiger partial charge < -0.3 is 14.1 Å². The molecule has 0 radical (unpaired) electrons. The lowest BCUT2D eigenvalue weighted by molar-refractivity contribution is 0.0684. The summed E-state index contributed by atoms with van der Waals surface area (Å²) in [7, 11) is 0. The maximum Gasteiger partial charge on any atom is 0.354 e. The van der Waals surface area contributed by atoms with Crippen molar-refractivity contribution in [3.63, 3.8) is 0 Å². The van der Waals surface area contributed by atoms with Crippen molar-refractivity contribution in [1.29, 1.82) is 0 Å². The number of halogens is 1. The number of fused-ring (bicyclic) bond motifs is 1. The number of imidazole rings is 1. The maximum absolute atomic E-state index is 11.7. The predicted octanol–water partition coefficient (Wildman–Crippen LogP) is 4.60. The highest BCUT2D eigenvalue weighted by atomic mass is 79.9. The van der Waals surface area contributed by atoms with Crippen LogP contribution in [0.4, 0.5) is 0 Å². The Morgan fingerprint density at radius 2 is 1.97 bits per heavy atom. The van der Waals surface area contributed by atoms with Gasteiger partial charge in [0.25, 0.3) is 0 Å². The van der Waals surface area contributed by atoms with Gasteiger partial charge >= 0.3 is 5.97 Å². The summed E-state index contributed by atoms with van der Waals surface area (Å²) in [4.78, 5) is 16.0. The van der Waals surface area contributed by atoms with Gasteiger partial charge in [0, 0.05) is 23.1 Å². The fourth-order valence-electron chi connectivity index (χ4n) is 3.91. The Morgan fingerprint density at radius 1 is 1.19 bits per heavy atom. The van der Waals surface area contributed by atoms with Crippen LogP contribution in [0.5, 0.6) is 0 Å². The van der Waals surface area contributed by atoms with Crippen molar-refractivity contribution < 1.29 is 14.3 Å². The van der Waals surface area contributed by atoms with Crippen LogP contribution in [0, 0.1) is 13.8 Å². The van der Waals surface area contributed by atoms with E-state index in [-0.39, 0.29) is 5.69 Å². The first-order chi connectivity index (χ1) is 15.4. The third kappa shape index (κ3) is 3.28. The summed E-state index contributed by atoms with van der Waals surface area (Å²) < 4.78 is 8.68. The van der Waals surface area contributed by atoms with Crippen LogP contribution < -0.4 is 0 Å². The second kappa shape index (κ2) is 7.72. The van der Waals surface area contributed by atoms with Crippen LogP contribution >= 0.6 is 15.9 Å². The van der Waals surface area contributed by atoms with Gasteiger partial charge in [0.2, 0.25) is 0 Å². The largest absolute Gasteiger partial charge is 0.477 e. The van der Waals surface area contributed by atoms with Crippen molar-refractivity contribution >= 4 is 32.9 Å². The molecule has 10 heteroatoms. The molecular weight excluding hydrogens is 476 g/mol. The van der Waals surface area contributed by atoms with E-state index in [1.54, 1.807) is 18.4 Å². The Kier molecular flexibility index (Phi) is 4.86. The first-order valence-corrected chi connectivity index (χ1v) is 10.5. The molecule has 0 aliphatic carbocycles. The highest BCUT2D eigenvalue weighted by Crippen LogP contribution is 2.41. The summed E-state index contributed by atoms with van der Waals surface area (Å²) in [5, 5.41) is 24.6. The Morgan fingerprint density at radius 3 is 2.69 bits per heavy atom. The van der Waals surface area contributed by atoms with Crippen LogP contribution in [0.1, 0.15) is 27.6 Å². The van der Waals surface area contributed by atoms with E-state index in [9.17, 15) is 9.90 Å². The zero-order valence-electron chi connectivity index (χ0n) is 17.1. The maximum atomic E-state index is 11.7. The van der Waals surface area contributed by atoms with Gasteiger partial charge in [-0.1, -0.05) is 30.3 Å². The number of tetrazole rings is 1. The Hall–Kier alpha value is -3.79. The van der Waals surface area contributed by atoms with Gasteiger partial charge in [-0.3, -0.25) is 0 Å². The number of nitrogens with one attached hydrogen (secondary N) is 1. The number of carbonyl (C=O) groups is 1. The number of furan rings is 1. The van der Waals surface area contributed by atoms with Gasteiger partial charge in [-0.15, -0.1) is 5.10 Å². The van der Waals surface area contributed by atoms with E-state index >= 15 is 0 Å². The van der Waals surface area contributed by atoms with Gasteiger partial charge in [-0.05, 0) is 57.9 Å². The highest BCUT2D eigenvalue weighted by Gasteiger charge is 2.21. The van der Waals surface area contributed by atoms with Crippen LogP contribution in [0.3, 0.4) is 0 Å². The summed E-state index contributed by atoms with van der Waals surface area (Å²) in [6.45, 7) is 3.90. The molecule has 5 aromatic rings. The summed E-state index contributed by atoms with van der Waals surface area (Å²) in [6.07, 6.45) is 0. The molecule has 0 bridgehead atoms. The molecule has 0 aliphatic heterocycles. The molecule has 3 aromatic heterocycles. The van der Waals surface area contributed by atoms with Gasteiger partial charge in [0.05, 0.1) is 10.2 Å². The summed E-state index contributed by atoms with van der Waals surface area (Å²) in [5.74, 6) is 0.863. The van der Waals surface area contributed by atoms with Crippen molar-refractivity contribution in [2.45, 2.75) is 20.4 Å². The van der Waals surface area contributed by atoms with E-state index in [0.29, 0.717) is 35.2 Å². The van der Waals surface area contributed by atoms with Crippen LogP contribution in [0.15, 0.2) is 51.4 Å². The minimum atomic E-state index is -0.991. The zero-order chi connectivity index (χ0) is 22.4. The number of aromatic amines is 1. The highest BCUT2D eigenvalue weighted by molar-refractivity contribution is 9.10. The Balaban J connectivity index is 1.59. The van der Waals surface area contributed by atoms with Crippen molar-refractivity contribution in [2.24, 2.45) is 0 Å². The second-order valence-corrected chi connectivity index (χ2v) is 8.15. The van der Waals surface area contributed by atoms with Crippen LogP contribution in [-0.4, -0.2) is 41.3 Å². The number of benzene rings is 2. The monoisotopic (exact) mass is 492 g/mol. The lowest BCUT2D eigenvalue weighted by atomic mass is 10.0. The molecule has 2 N–H and O–H groups in total. The van der Waals surface area contributed by atoms with Gasteiger partial charge in [-0.2, -0.15) is 0 Å². The van der Waals surface area contributed by atoms with E-state index in [2.05, 4.69) is 41.5 Å². The van der Waals surface area contributed by atoms with Crippen LogP contribution in [0.25, 0.3) is 33.7 Å². The molecule has 0 saturated carbocycles. The van der Waals surface area contributed by atoms with Crippen molar-refractivity contribution in [3.8, 4) is 22.7 Å².